The number of H-pyrrole nitrogens is 1. The van der Waals surface area contributed by atoms with E-state index in [4.69, 9.17) is 5.73 Å². The standard InChI is InChI=1S/C15H21N5/c16-13-7-11-9-17-18-14(11)8-15(13)20-6-2-5-19-4-1-3-12(19)10-20/h7-9,12H,1-6,10,16H2,(H,17,18). The molecule has 5 heteroatoms. The van der Waals surface area contributed by atoms with E-state index < -0.39 is 0 Å². The van der Waals surface area contributed by atoms with Crippen molar-refractivity contribution in [2.75, 3.05) is 36.8 Å². The maximum atomic E-state index is 6.27. The lowest BCUT2D eigenvalue weighted by Crippen LogP contribution is -2.36. The van der Waals surface area contributed by atoms with E-state index in [1.165, 1.54) is 32.4 Å². The highest BCUT2D eigenvalue weighted by Crippen LogP contribution is 2.31. The highest BCUT2D eigenvalue weighted by molar-refractivity contribution is 5.88. The third-order valence-electron chi connectivity index (χ3n) is 4.73. The molecule has 20 heavy (non-hydrogen) atoms. The lowest BCUT2D eigenvalue weighted by atomic mass is 10.1. The Kier molecular flexibility index (Phi) is 2.80. The van der Waals surface area contributed by atoms with E-state index in [1.54, 1.807) is 0 Å². The lowest BCUT2D eigenvalue weighted by Gasteiger charge is -2.28. The molecule has 0 radical (unpaired) electrons. The number of nitrogens with zero attached hydrogens (tertiary/aromatic N) is 3. The fourth-order valence-electron chi connectivity index (χ4n) is 3.70. The van der Waals surface area contributed by atoms with E-state index in [-0.39, 0.29) is 0 Å². The second kappa shape index (κ2) is 4.66. The van der Waals surface area contributed by atoms with Crippen molar-refractivity contribution >= 4 is 22.3 Å². The van der Waals surface area contributed by atoms with Crippen LogP contribution in [0.4, 0.5) is 11.4 Å². The molecule has 3 N–H and O–H groups in total. The number of fused-ring (bicyclic) bond motifs is 2. The van der Waals surface area contributed by atoms with Crippen LogP contribution in [0.2, 0.25) is 0 Å². The molecule has 0 saturated carbocycles. The summed E-state index contributed by atoms with van der Waals surface area (Å²) in [7, 11) is 0. The molecule has 2 saturated heterocycles. The molecule has 1 aromatic carbocycles. The molecule has 0 amide bonds. The number of hydrogen-bond donors (Lipinski definition) is 2. The predicted molar refractivity (Wildman–Crippen MR) is 81.9 cm³/mol. The fourth-order valence-corrected chi connectivity index (χ4v) is 3.70. The summed E-state index contributed by atoms with van der Waals surface area (Å²) in [6.45, 7) is 4.70. The Morgan fingerprint density at radius 1 is 1.20 bits per heavy atom. The van der Waals surface area contributed by atoms with Gasteiger partial charge in [-0.15, -0.1) is 0 Å². The molecule has 106 valence electrons. The highest BCUT2D eigenvalue weighted by atomic mass is 15.3. The quantitative estimate of drug-likeness (QED) is 0.777. The van der Waals surface area contributed by atoms with E-state index in [0.717, 1.165) is 35.4 Å². The Labute approximate surface area is 118 Å². The summed E-state index contributed by atoms with van der Waals surface area (Å²) in [4.78, 5) is 5.11. The van der Waals surface area contributed by atoms with E-state index in [1.807, 2.05) is 12.3 Å². The van der Waals surface area contributed by atoms with Crippen LogP contribution in [0.15, 0.2) is 18.3 Å². The summed E-state index contributed by atoms with van der Waals surface area (Å²) in [6, 6.07) is 4.89. The first-order valence-electron chi connectivity index (χ1n) is 7.53. The molecule has 5 nitrogen and oxygen atoms in total. The zero-order valence-corrected chi connectivity index (χ0v) is 11.7. The monoisotopic (exact) mass is 271 g/mol. The molecule has 2 fully saturated rings. The van der Waals surface area contributed by atoms with Crippen molar-refractivity contribution in [3.63, 3.8) is 0 Å². The normalized spacial score (nSPS) is 24.0. The van der Waals surface area contributed by atoms with Gasteiger partial charge in [0, 0.05) is 31.1 Å². The minimum atomic E-state index is 0.703. The first-order chi connectivity index (χ1) is 9.81. The summed E-state index contributed by atoms with van der Waals surface area (Å²) >= 11 is 0. The molecule has 1 aromatic heterocycles. The van der Waals surface area contributed by atoms with Crippen LogP contribution in [-0.2, 0) is 0 Å². The van der Waals surface area contributed by atoms with Crippen molar-refractivity contribution in [1.29, 1.82) is 0 Å². The molecule has 2 aliphatic rings. The maximum Gasteiger partial charge on any atom is 0.0672 e. The molecule has 2 aliphatic heterocycles. The van der Waals surface area contributed by atoms with Crippen LogP contribution in [0.3, 0.4) is 0 Å². The van der Waals surface area contributed by atoms with Gasteiger partial charge in [-0.05, 0) is 37.9 Å². The Hall–Kier alpha value is -1.75. The van der Waals surface area contributed by atoms with Crippen molar-refractivity contribution in [3.8, 4) is 0 Å². The van der Waals surface area contributed by atoms with Gasteiger partial charge in [0.05, 0.1) is 23.1 Å². The van der Waals surface area contributed by atoms with Crippen molar-refractivity contribution in [1.82, 2.24) is 15.1 Å². The molecular formula is C15H21N5. The molecule has 0 bridgehead atoms. The third-order valence-corrected chi connectivity index (χ3v) is 4.73. The first kappa shape index (κ1) is 12.0. The van der Waals surface area contributed by atoms with Crippen LogP contribution < -0.4 is 10.6 Å². The van der Waals surface area contributed by atoms with Gasteiger partial charge < -0.3 is 10.6 Å². The van der Waals surface area contributed by atoms with Gasteiger partial charge in [-0.3, -0.25) is 10.00 Å². The van der Waals surface area contributed by atoms with Gasteiger partial charge in [-0.2, -0.15) is 5.10 Å². The van der Waals surface area contributed by atoms with Crippen LogP contribution in [0.1, 0.15) is 19.3 Å². The minimum Gasteiger partial charge on any atom is -0.397 e. The average Bonchev–Trinajstić information content (AvgIpc) is 3.02. The minimum absolute atomic E-state index is 0.703. The number of hydrogen-bond acceptors (Lipinski definition) is 4. The van der Waals surface area contributed by atoms with Crippen LogP contribution in [0.25, 0.3) is 10.9 Å². The van der Waals surface area contributed by atoms with Crippen LogP contribution in [-0.4, -0.2) is 47.3 Å². The van der Waals surface area contributed by atoms with E-state index >= 15 is 0 Å². The molecule has 0 spiro atoms. The Morgan fingerprint density at radius 2 is 2.10 bits per heavy atom. The zero-order valence-electron chi connectivity index (χ0n) is 11.7. The third kappa shape index (κ3) is 1.93. The Bertz CT molecular complexity index is 620. The number of rotatable bonds is 1. The van der Waals surface area contributed by atoms with Crippen LogP contribution >= 0.6 is 0 Å². The first-order valence-corrected chi connectivity index (χ1v) is 7.53. The molecule has 3 heterocycles. The molecule has 0 aliphatic carbocycles. The van der Waals surface area contributed by atoms with E-state index in [9.17, 15) is 0 Å². The number of aromatic nitrogens is 2. The summed E-state index contributed by atoms with van der Waals surface area (Å²) in [5.41, 5.74) is 9.37. The van der Waals surface area contributed by atoms with E-state index in [0.29, 0.717) is 6.04 Å². The molecular weight excluding hydrogens is 250 g/mol. The molecule has 1 atom stereocenters. The summed E-state index contributed by atoms with van der Waals surface area (Å²) in [5, 5.41) is 8.23. The van der Waals surface area contributed by atoms with Crippen LogP contribution in [0, 0.1) is 0 Å². The van der Waals surface area contributed by atoms with Crippen LogP contribution in [0.5, 0.6) is 0 Å². The van der Waals surface area contributed by atoms with Gasteiger partial charge >= 0.3 is 0 Å². The molecule has 2 aromatic rings. The molecule has 4 rings (SSSR count). The summed E-state index contributed by atoms with van der Waals surface area (Å²) in [6.07, 6.45) is 5.71. The number of nitrogens with one attached hydrogen (secondary N) is 1. The van der Waals surface area contributed by atoms with Gasteiger partial charge in [0.2, 0.25) is 0 Å². The van der Waals surface area contributed by atoms with Gasteiger partial charge in [0.25, 0.3) is 0 Å². The predicted octanol–water partition coefficient (Wildman–Crippen LogP) is 1.82. The smallest absolute Gasteiger partial charge is 0.0672 e. The second-order valence-corrected chi connectivity index (χ2v) is 6.00. The highest BCUT2D eigenvalue weighted by Gasteiger charge is 2.29. The number of anilines is 2. The SMILES string of the molecule is Nc1cc2cn[nH]c2cc1N1CCCN2CCCC2C1. The topological polar surface area (TPSA) is 61.2 Å². The van der Waals surface area contributed by atoms with Crippen molar-refractivity contribution in [3.05, 3.63) is 18.3 Å². The zero-order chi connectivity index (χ0) is 13.5. The average molecular weight is 271 g/mol. The van der Waals surface area contributed by atoms with Gasteiger partial charge in [0.1, 0.15) is 0 Å². The number of nitrogen functional groups attached to an aromatic ring is 1. The van der Waals surface area contributed by atoms with E-state index in [2.05, 4.69) is 26.1 Å². The fraction of sp³-hybridized carbons (Fsp3) is 0.533. The Morgan fingerprint density at radius 3 is 3.05 bits per heavy atom. The van der Waals surface area contributed by atoms with Gasteiger partial charge in [-0.25, -0.2) is 0 Å². The summed E-state index contributed by atoms with van der Waals surface area (Å²) in [5.74, 6) is 0. The number of aromatic amines is 1. The lowest BCUT2D eigenvalue weighted by molar-refractivity contribution is 0.273. The van der Waals surface area contributed by atoms with Gasteiger partial charge in [-0.1, -0.05) is 0 Å². The van der Waals surface area contributed by atoms with Crippen molar-refractivity contribution < 1.29 is 0 Å². The largest absolute Gasteiger partial charge is 0.397 e. The Balaban J connectivity index is 1.68. The maximum absolute atomic E-state index is 6.27. The summed E-state index contributed by atoms with van der Waals surface area (Å²) < 4.78 is 0. The van der Waals surface area contributed by atoms with Crippen molar-refractivity contribution in [2.45, 2.75) is 25.3 Å². The second-order valence-electron chi connectivity index (χ2n) is 6.00. The van der Waals surface area contributed by atoms with Crippen molar-refractivity contribution in [2.24, 2.45) is 0 Å². The van der Waals surface area contributed by atoms with Gasteiger partial charge in [0.15, 0.2) is 0 Å². The molecule has 1 unspecified atom stereocenters. The number of nitrogens with two attached hydrogens (primary N) is 1. The number of benzene rings is 1.